The molecule has 2 fully saturated rings. The number of fused-ring (bicyclic) bond motifs is 5. The van der Waals surface area contributed by atoms with E-state index in [2.05, 4.69) is 79.8 Å². The van der Waals surface area contributed by atoms with Crippen molar-refractivity contribution in [3.63, 3.8) is 0 Å². The fraction of sp³-hybridized carbons (Fsp3) is 0.630. The molecule has 2 saturated carbocycles. The monoisotopic (exact) mass is 502 g/mol. The van der Waals surface area contributed by atoms with Gasteiger partial charge in [-0.15, -0.1) is 0 Å². The van der Waals surface area contributed by atoms with Gasteiger partial charge in [0.05, 0.1) is 12.4 Å². The first-order valence-corrected chi connectivity index (χ1v) is 13.0. The second kappa shape index (κ2) is 7.43. The molecule has 156 valence electrons. The maximum Gasteiger partial charge on any atom is 0.0962 e. The summed E-state index contributed by atoms with van der Waals surface area (Å²) in [7, 11) is 0. The van der Waals surface area contributed by atoms with E-state index in [0.717, 1.165) is 34.7 Å². The summed E-state index contributed by atoms with van der Waals surface area (Å²) < 4.78 is 6.88. The van der Waals surface area contributed by atoms with Crippen LogP contribution in [0, 0.1) is 28.6 Å². The zero-order valence-corrected chi connectivity index (χ0v) is 20.4. The van der Waals surface area contributed by atoms with E-state index in [1.54, 1.807) is 11.1 Å². The average molecular weight is 502 g/mol. The van der Waals surface area contributed by atoms with E-state index in [9.17, 15) is 0 Å². The summed E-state index contributed by atoms with van der Waals surface area (Å²) in [5, 5.41) is 0. The minimum Gasteiger partial charge on any atom is -0.498 e. The average Bonchev–Trinajstić information content (AvgIpc) is 3.03. The Hall–Kier alpha value is -0.770. The Morgan fingerprint density at radius 2 is 1.83 bits per heavy atom. The van der Waals surface area contributed by atoms with E-state index in [1.807, 2.05) is 0 Å². The van der Waals surface area contributed by atoms with Crippen LogP contribution >= 0.6 is 22.6 Å². The molecule has 29 heavy (non-hydrogen) atoms. The number of hydrogen-bond donors (Lipinski definition) is 0. The molecule has 2 heteroatoms. The fourth-order valence-electron chi connectivity index (χ4n) is 7.59. The third-order valence-electron chi connectivity index (χ3n) is 9.17. The van der Waals surface area contributed by atoms with Crippen LogP contribution in [0.5, 0.6) is 0 Å². The predicted octanol–water partition coefficient (Wildman–Crippen LogP) is 7.81. The molecule has 5 rings (SSSR count). The highest BCUT2D eigenvalue weighted by Crippen LogP contribution is 2.67. The van der Waals surface area contributed by atoms with Gasteiger partial charge in [-0.2, -0.15) is 0 Å². The Kier molecular flexibility index (Phi) is 5.16. The number of rotatable bonds is 3. The summed E-state index contributed by atoms with van der Waals surface area (Å²) in [6.45, 7) is 8.11. The van der Waals surface area contributed by atoms with Crippen LogP contribution in [-0.4, -0.2) is 10.5 Å². The quantitative estimate of drug-likeness (QED) is 0.303. The van der Waals surface area contributed by atoms with Crippen LogP contribution in [0.15, 0.2) is 47.7 Å². The number of halogens is 1. The molecular formula is C27H35IO. The smallest absolute Gasteiger partial charge is 0.0962 e. The van der Waals surface area contributed by atoms with Gasteiger partial charge in [-0.3, -0.25) is 0 Å². The number of allylic oxidation sites excluding steroid dienone is 4. The van der Waals surface area contributed by atoms with Crippen molar-refractivity contribution in [2.75, 3.05) is 6.61 Å². The molecule has 0 radical (unpaired) electrons. The van der Waals surface area contributed by atoms with Crippen LogP contribution in [0.4, 0.5) is 0 Å². The SMILES string of the molecule is CCOC1=CC2=C(c3ccccc3)C[C@@H]3[C@H](CC[C@]4(C)C(I)CC[C@@H]34)[C@@]2(C)CC1. The molecule has 1 nitrogen and oxygen atoms in total. The zero-order chi connectivity index (χ0) is 20.2. The molecule has 4 aliphatic rings. The van der Waals surface area contributed by atoms with Crippen molar-refractivity contribution >= 4 is 28.2 Å². The zero-order valence-electron chi connectivity index (χ0n) is 18.2. The van der Waals surface area contributed by atoms with Crippen LogP contribution < -0.4 is 0 Å². The summed E-state index contributed by atoms with van der Waals surface area (Å²) in [6.07, 6.45) is 11.8. The van der Waals surface area contributed by atoms with Crippen molar-refractivity contribution in [1.29, 1.82) is 0 Å². The van der Waals surface area contributed by atoms with Gasteiger partial charge >= 0.3 is 0 Å². The van der Waals surface area contributed by atoms with Crippen LogP contribution in [0.3, 0.4) is 0 Å². The van der Waals surface area contributed by atoms with Gasteiger partial charge in [0.1, 0.15) is 0 Å². The van der Waals surface area contributed by atoms with Crippen molar-refractivity contribution < 1.29 is 4.74 Å². The van der Waals surface area contributed by atoms with E-state index in [4.69, 9.17) is 4.74 Å². The maximum absolute atomic E-state index is 6.02. The standard InChI is InChI=1S/C27H35IO/c1-4-29-19-12-14-26(2)23-13-15-27(3)22(10-11-25(27)28)21(23)17-20(24(26)16-19)18-8-6-5-7-9-18/h5-9,16,21-23,25H,4,10-15,17H2,1-3H3/t21-,22-,23-,25?,26+,27-/m0/s1. The van der Waals surface area contributed by atoms with Crippen molar-refractivity contribution in [2.45, 2.75) is 69.6 Å². The highest BCUT2D eigenvalue weighted by Gasteiger charge is 2.58. The van der Waals surface area contributed by atoms with Gasteiger partial charge in [-0.25, -0.2) is 0 Å². The molecule has 0 spiro atoms. The Labute approximate surface area is 190 Å². The highest BCUT2D eigenvalue weighted by molar-refractivity contribution is 14.1. The van der Waals surface area contributed by atoms with Gasteiger partial charge in [-0.05, 0) is 96.8 Å². The molecule has 0 N–H and O–H groups in total. The third kappa shape index (κ3) is 3.06. The summed E-state index contributed by atoms with van der Waals surface area (Å²) in [4.78, 5) is 0. The van der Waals surface area contributed by atoms with Gasteiger partial charge in [-0.1, -0.05) is 66.8 Å². The summed E-state index contributed by atoms with van der Waals surface area (Å²) in [5.41, 5.74) is 5.52. The van der Waals surface area contributed by atoms with E-state index in [-0.39, 0.29) is 0 Å². The largest absolute Gasteiger partial charge is 0.498 e. The second-order valence-electron chi connectivity index (χ2n) is 10.4. The van der Waals surface area contributed by atoms with Gasteiger partial charge in [0.15, 0.2) is 0 Å². The van der Waals surface area contributed by atoms with E-state index < -0.39 is 0 Å². The lowest BCUT2D eigenvalue weighted by molar-refractivity contribution is -0.0150. The number of ether oxygens (including phenoxy) is 1. The van der Waals surface area contributed by atoms with E-state index in [0.29, 0.717) is 10.8 Å². The highest BCUT2D eigenvalue weighted by atomic mass is 127. The van der Waals surface area contributed by atoms with E-state index in [1.165, 1.54) is 49.8 Å². The fourth-order valence-corrected chi connectivity index (χ4v) is 8.72. The summed E-state index contributed by atoms with van der Waals surface area (Å²) in [6, 6.07) is 11.2. The van der Waals surface area contributed by atoms with Gasteiger partial charge in [0.2, 0.25) is 0 Å². The van der Waals surface area contributed by atoms with Crippen molar-refractivity contribution in [3.05, 3.63) is 53.3 Å². The number of alkyl halides is 1. The molecule has 1 aromatic rings. The Morgan fingerprint density at radius 3 is 2.59 bits per heavy atom. The molecule has 0 amide bonds. The Morgan fingerprint density at radius 1 is 1.03 bits per heavy atom. The van der Waals surface area contributed by atoms with Crippen molar-refractivity contribution in [1.82, 2.24) is 0 Å². The van der Waals surface area contributed by atoms with E-state index >= 15 is 0 Å². The molecule has 0 aliphatic heterocycles. The number of benzene rings is 1. The van der Waals surface area contributed by atoms with Gasteiger partial charge in [0, 0.05) is 10.3 Å². The second-order valence-corrected chi connectivity index (χ2v) is 11.9. The molecule has 0 bridgehead atoms. The van der Waals surface area contributed by atoms with Crippen molar-refractivity contribution in [2.24, 2.45) is 28.6 Å². The lowest BCUT2D eigenvalue weighted by atomic mass is 9.47. The molecule has 0 heterocycles. The molecule has 0 saturated heterocycles. The first-order chi connectivity index (χ1) is 14.0. The van der Waals surface area contributed by atoms with Crippen LogP contribution in [0.1, 0.15) is 71.3 Å². The first-order valence-electron chi connectivity index (χ1n) is 11.7. The minimum absolute atomic E-state index is 0.305. The number of hydrogen-bond acceptors (Lipinski definition) is 1. The first kappa shape index (κ1) is 20.2. The van der Waals surface area contributed by atoms with Crippen molar-refractivity contribution in [3.8, 4) is 0 Å². The molecule has 1 unspecified atom stereocenters. The molecule has 1 aromatic carbocycles. The van der Waals surface area contributed by atoms with Gasteiger partial charge in [0.25, 0.3) is 0 Å². The minimum atomic E-state index is 0.305. The third-order valence-corrected chi connectivity index (χ3v) is 11.2. The van der Waals surface area contributed by atoms with Crippen LogP contribution in [0.25, 0.3) is 5.57 Å². The Bertz CT molecular complexity index is 839. The normalized spacial score (nSPS) is 41.3. The Balaban J connectivity index is 1.64. The van der Waals surface area contributed by atoms with Crippen LogP contribution in [-0.2, 0) is 4.74 Å². The van der Waals surface area contributed by atoms with Crippen LogP contribution in [0.2, 0.25) is 0 Å². The molecule has 4 aliphatic carbocycles. The maximum atomic E-state index is 6.02. The molecule has 6 atom stereocenters. The molecular weight excluding hydrogens is 467 g/mol. The molecule has 0 aromatic heterocycles. The summed E-state index contributed by atoms with van der Waals surface area (Å²) in [5.74, 6) is 3.79. The lowest BCUT2D eigenvalue weighted by Gasteiger charge is -2.58. The lowest BCUT2D eigenvalue weighted by Crippen LogP contribution is -2.50. The van der Waals surface area contributed by atoms with Gasteiger partial charge < -0.3 is 4.74 Å². The predicted molar refractivity (Wildman–Crippen MR) is 130 cm³/mol. The topological polar surface area (TPSA) is 9.23 Å². The summed E-state index contributed by atoms with van der Waals surface area (Å²) >= 11 is 2.78.